The lowest BCUT2D eigenvalue weighted by Gasteiger charge is -2.06. The number of aromatic hydroxyl groups is 2. The predicted octanol–water partition coefficient (Wildman–Crippen LogP) is 1.81. The van der Waals surface area contributed by atoms with E-state index in [-0.39, 0.29) is 0 Å². The van der Waals surface area contributed by atoms with E-state index < -0.39 is 34.4 Å². The van der Waals surface area contributed by atoms with Gasteiger partial charge in [0.25, 0.3) is 11.7 Å². The second-order valence-electron chi connectivity index (χ2n) is 2.33. The Balaban J connectivity index is 3.41. The molecule has 0 saturated carbocycles. The van der Waals surface area contributed by atoms with Gasteiger partial charge in [0.15, 0.2) is 5.75 Å². The normalized spacial score (nSPS) is 10.6. The van der Waals surface area contributed by atoms with Gasteiger partial charge in [-0.3, -0.25) is 4.79 Å². The molecular weight excluding hydrogens is 220 g/mol. The second kappa shape index (κ2) is 3.75. The quantitative estimate of drug-likeness (QED) is 0.750. The van der Waals surface area contributed by atoms with E-state index in [2.05, 4.69) is 4.98 Å². The maximum atomic E-state index is 12.1. The van der Waals surface area contributed by atoms with E-state index >= 15 is 0 Å². The van der Waals surface area contributed by atoms with Gasteiger partial charge < -0.3 is 10.2 Å². The highest BCUT2D eigenvalue weighted by Gasteiger charge is 2.23. The summed E-state index contributed by atoms with van der Waals surface area (Å²) in [7, 11) is 0. The highest BCUT2D eigenvalue weighted by molar-refractivity contribution is 6.68. The average Bonchev–Trinajstić information content (AvgIpc) is 2.02. The number of pyridine rings is 1. The summed E-state index contributed by atoms with van der Waals surface area (Å²) >= 11 is 4.96. The smallest absolute Gasteiger partial charge is 0.284 e. The molecule has 1 aromatic heterocycles. The van der Waals surface area contributed by atoms with Gasteiger partial charge >= 0.3 is 0 Å². The fraction of sp³-hybridized carbons (Fsp3) is 0.143. The van der Waals surface area contributed by atoms with E-state index in [1.807, 2.05) is 0 Å². The summed E-state index contributed by atoms with van der Waals surface area (Å²) in [5.74, 6) is -1.84. The van der Waals surface area contributed by atoms with Crippen LogP contribution in [-0.4, -0.2) is 20.4 Å². The fourth-order valence-electron chi connectivity index (χ4n) is 0.859. The van der Waals surface area contributed by atoms with Crippen molar-refractivity contribution in [3.05, 3.63) is 17.5 Å². The number of carbonyl (C=O) groups is 1. The van der Waals surface area contributed by atoms with E-state index in [1.165, 1.54) is 0 Å². The fourth-order valence-corrected chi connectivity index (χ4v) is 1.05. The Kier molecular flexibility index (Phi) is 2.85. The molecule has 0 aliphatic carbocycles. The minimum Gasteiger partial charge on any atom is -0.505 e. The van der Waals surface area contributed by atoms with Crippen molar-refractivity contribution in [2.45, 2.75) is 6.43 Å². The largest absolute Gasteiger partial charge is 0.505 e. The molecule has 1 heterocycles. The van der Waals surface area contributed by atoms with Gasteiger partial charge in [-0.2, -0.15) is 0 Å². The first kappa shape index (κ1) is 10.6. The van der Waals surface area contributed by atoms with Crippen molar-refractivity contribution in [2.75, 3.05) is 0 Å². The highest BCUT2D eigenvalue weighted by atomic mass is 35.5. The van der Waals surface area contributed by atoms with Crippen LogP contribution in [-0.2, 0) is 0 Å². The van der Waals surface area contributed by atoms with Crippen LogP contribution < -0.4 is 0 Å². The predicted molar refractivity (Wildman–Crippen MR) is 42.7 cm³/mol. The number of hydrogen-bond donors (Lipinski definition) is 2. The van der Waals surface area contributed by atoms with Gasteiger partial charge in [0.1, 0.15) is 17.0 Å². The van der Waals surface area contributed by atoms with Gasteiger partial charge in [0.05, 0.1) is 6.20 Å². The SMILES string of the molecule is O=C(Cl)c1c(O)cnc(C(F)F)c1O. The van der Waals surface area contributed by atoms with Crippen molar-refractivity contribution < 1.29 is 23.8 Å². The number of hydrogen-bond acceptors (Lipinski definition) is 4. The number of carbonyl (C=O) groups excluding carboxylic acids is 1. The molecule has 0 atom stereocenters. The molecule has 2 N–H and O–H groups in total. The number of nitrogens with zero attached hydrogens (tertiary/aromatic N) is 1. The third kappa shape index (κ3) is 1.74. The van der Waals surface area contributed by atoms with Gasteiger partial charge in [-0.1, -0.05) is 0 Å². The Bertz CT molecular complexity index is 383. The third-order valence-electron chi connectivity index (χ3n) is 1.46. The summed E-state index contributed by atoms with van der Waals surface area (Å²) in [6, 6.07) is 0. The van der Waals surface area contributed by atoms with E-state index in [4.69, 9.17) is 21.8 Å². The average molecular weight is 224 g/mol. The molecule has 1 rings (SSSR count). The summed E-state index contributed by atoms with van der Waals surface area (Å²) in [6.07, 6.45) is -2.43. The molecule has 1 aromatic rings. The van der Waals surface area contributed by atoms with Crippen LogP contribution in [0, 0.1) is 0 Å². The lowest BCUT2D eigenvalue weighted by Crippen LogP contribution is -1.98. The standard InChI is InChI=1S/C7H4ClF2NO3/c8-6(14)3-2(12)1-11-4(5(3)13)7(9)10/h1,7,12-13H. The third-order valence-corrected chi connectivity index (χ3v) is 1.65. The van der Waals surface area contributed by atoms with Crippen LogP contribution in [0.15, 0.2) is 6.20 Å². The van der Waals surface area contributed by atoms with Gasteiger partial charge in [0, 0.05) is 0 Å². The van der Waals surface area contributed by atoms with Crippen LogP contribution in [0.3, 0.4) is 0 Å². The first-order valence-corrected chi connectivity index (χ1v) is 3.71. The molecule has 4 nitrogen and oxygen atoms in total. The van der Waals surface area contributed by atoms with E-state index in [0.29, 0.717) is 6.20 Å². The van der Waals surface area contributed by atoms with Crippen molar-refractivity contribution >= 4 is 16.8 Å². The Labute approximate surface area is 81.8 Å². The molecule has 0 spiro atoms. The number of halogens is 3. The van der Waals surface area contributed by atoms with Crippen LogP contribution in [0.5, 0.6) is 11.5 Å². The summed E-state index contributed by atoms with van der Waals surface area (Å²) in [4.78, 5) is 13.7. The molecule has 0 aromatic carbocycles. The van der Waals surface area contributed by atoms with E-state index in [0.717, 1.165) is 0 Å². The molecule has 0 aliphatic rings. The van der Waals surface area contributed by atoms with Crippen molar-refractivity contribution in [1.29, 1.82) is 0 Å². The Morgan fingerprint density at radius 3 is 2.50 bits per heavy atom. The zero-order chi connectivity index (χ0) is 10.9. The minimum atomic E-state index is -3.05. The lowest BCUT2D eigenvalue weighted by atomic mass is 10.2. The maximum absolute atomic E-state index is 12.1. The van der Waals surface area contributed by atoms with Crippen molar-refractivity contribution in [3.63, 3.8) is 0 Å². The van der Waals surface area contributed by atoms with Crippen molar-refractivity contribution in [2.24, 2.45) is 0 Å². The molecule has 0 amide bonds. The number of aromatic nitrogens is 1. The van der Waals surface area contributed by atoms with Gasteiger partial charge in [-0.25, -0.2) is 13.8 Å². The molecule has 0 aliphatic heterocycles. The molecule has 14 heavy (non-hydrogen) atoms. The molecule has 0 fully saturated rings. The van der Waals surface area contributed by atoms with Crippen molar-refractivity contribution in [3.8, 4) is 11.5 Å². The monoisotopic (exact) mass is 223 g/mol. The van der Waals surface area contributed by atoms with Gasteiger partial charge in [-0.05, 0) is 11.6 Å². The number of rotatable bonds is 2. The van der Waals surface area contributed by atoms with Crippen LogP contribution in [0.2, 0.25) is 0 Å². The van der Waals surface area contributed by atoms with Crippen LogP contribution in [0.25, 0.3) is 0 Å². The highest BCUT2D eigenvalue weighted by Crippen LogP contribution is 2.34. The summed E-state index contributed by atoms with van der Waals surface area (Å²) in [6.45, 7) is 0. The molecule has 0 unspecified atom stereocenters. The lowest BCUT2D eigenvalue weighted by molar-refractivity contribution is 0.107. The first-order valence-electron chi connectivity index (χ1n) is 3.34. The van der Waals surface area contributed by atoms with Crippen molar-refractivity contribution in [1.82, 2.24) is 4.98 Å². The van der Waals surface area contributed by atoms with Crippen LogP contribution in [0.1, 0.15) is 22.5 Å². The molecule has 0 saturated heterocycles. The minimum absolute atomic E-state index is 0.622. The summed E-state index contributed by atoms with van der Waals surface area (Å²) in [5, 5.41) is 16.9. The van der Waals surface area contributed by atoms with Gasteiger partial charge in [0.2, 0.25) is 0 Å². The summed E-state index contributed by atoms with van der Waals surface area (Å²) in [5.41, 5.74) is -1.76. The van der Waals surface area contributed by atoms with E-state index in [1.54, 1.807) is 0 Å². The molecule has 7 heteroatoms. The Hall–Kier alpha value is -1.43. The van der Waals surface area contributed by atoms with Crippen LogP contribution >= 0.6 is 11.6 Å². The molecular formula is C7H4ClF2NO3. The second-order valence-corrected chi connectivity index (χ2v) is 2.67. The van der Waals surface area contributed by atoms with Gasteiger partial charge in [-0.15, -0.1) is 0 Å². The Morgan fingerprint density at radius 2 is 2.07 bits per heavy atom. The summed E-state index contributed by atoms with van der Waals surface area (Å²) < 4.78 is 24.3. The number of alkyl halides is 2. The molecule has 76 valence electrons. The zero-order valence-electron chi connectivity index (χ0n) is 6.54. The first-order chi connectivity index (χ1) is 6.45. The molecule has 0 bridgehead atoms. The molecule has 0 radical (unpaired) electrons. The zero-order valence-corrected chi connectivity index (χ0v) is 7.29. The van der Waals surface area contributed by atoms with Crippen LogP contribution in [0.4, 0.5) is 8.78 Å². The van der Waals surface area contributed by atoms with E-state index in [9.17, 15) is 13.6 Å². The Morgan fingerprint density at radius 1 is 1.50 bits per heavy atom. The maximum Gasteiger partial charge on any atom is 0.284 e. The topological polar surface area (TPSA) is 70.4 Å².